The zero-order valence-corrected chi connectivity index (χ0v) is 39.2. The Labute approximate surface area is 355 Å². The molecule has 0 spiro atoms. The first-order valence-corrected chi connectivity index (χ1v) is 23.5. The summed E-state index contributed by atoms with van der Waals surface area (Å²) in [7, 11) is 0. The van der Waals surface area contributed by atoms with Crippen molar-refractivity contribution >= 4 is 0 Å². The fourth-order valence-electron chi connectivity index (χ4n) is 9.30. The summed E-state index contributed by atoms with van der Waals surface area (Å²) in [4.78, 5) is 0. The first-order chi connectivity index (χ1) is 27.6. The van der Waals surface area contributed by atoms with Crippen LogP contribution in [0.4, 0.5) is 0 Å². The molecule has 3 unspecified atom stereocenters. The third-order valence-corrected chi connectivity index (χ3v) is 14.8. The largest absolute Gasteiger partial charge is 0.498 e. The second-order valence-electron chi connectivity index (χ2n) is 19.0. The maximum atomic E-state index is 11.1. The van der Waals surface area contributed by atoms with Crippen LogP contribution in [-0.4, -0.2) is 48.8 Å². The van der Waals surface area contributed by atoms with Gasteiger partial charge in [-0.15, -0.1) is 0 Å². The summed E-state index contributed by atoms with van der Waals surface area (Å²) in [6.07, 6.45) is 31.7. The van der Waals surface area contributed by atoms with E-state index in [0.717, 1.165) is 115 Å². The van der Waals surface area contributed by atoms with Gasteiger partial charge in [-0.1, -0.05) is 155 Å². The summed E-state index contributed by atoms with van der Waals surface area (Å²) >= 11 is 0. The zero-order valence-electron chi connectivity index (χ0n) is 39.2. The van der Waals surface area contributed by atoms with Gasteiger partial charge < -0.3 is 24.1 Å². The molecular weight excluding hydrogens is 717 g/mol. The van der Waals surface area contributed by atoms with Crippen LogP contribution in [-0.2, 0) is 18.9 Å². The van der Waals surface area contributed by atoms with Crippen LogP contribution < -0.4 is 0 Å². The second kappa shape index (κ2) is 21.8. The average molecular weight is 801 g/mol. The summed E-state index contributed by atoms with van der Waals surface area (Å²) in [6, 6.07) is 0. The van der Waals surface area contributed by atoms with Crippen LogP contribution in [0.5, 0.6) is 0 Å². The van der Waals surface area contributed by atoms with Gasteiger partial charge in [-0.05, 0) is 99.3 Å². The van der Waals surface area contributed by atoms with Gasteiger partial charge in [0.25, 0.3) is 0 Å². The minimum atomic E-state index is -0.694. The van der Waals surface area contributed by atoms with Gasteiger partial charge in [0.1, 0.15) is 12.7 Å². The van der Waals surface area contributed by atoms with E-state index in [1.165, 1.54) is 33.4 Å². The van der Waals surface area contributed by atoms with Crippen LogP contribution in [0.2, 0.25) is 0 Å². The van der Waals surface area contributed by atoms with Crippen LogP contribution in [0.15, 0.2) is 93.6 Å². The lowest BCUT2D eigenvalue weighted by Gasteiger charge is -2.39. The van der Waals surface area contributed by atoms with Crippen LogP contribution in [0, 0.1) is 22.7 Å². The Kier molecular flexibility index (Phi) is 18.0. The number of aliphatic hydroxyl groups is 1. The molecule has 0 aliphatic heterocycles. The van der Waals surface area contributed by atoms with E-state index in [1.54, 1.807) is 0 Å². The molecule has 4 aliphatic rings. The van der Waals surface area contributed by atoms with Crippen LogP contribution in [0.1, 0.15) is 173 Å². The molecule has 1 N–H and O–H groups in total. The lowest BCUT2D eigenvalue weighted by Crippen LogP contribution is -2.38. The van der Waals surface area contributed by atoms with Crippen molar-refractivity contribution < 1.29 is 24.1 Å². The molecular formula is C53H84O5. The fourth-order valence-corrected chi connectivity index (χ4v) is 9.30. The highest BCUT2D eigenvalue weighted by Gasteiger charge is 2.38. The molecule has 0 radical (unpaired) electrons. The lowest BCUT2D eigenvalue weighted by molar-refractivity contribution is -0.0779. The molecule has 4 rings (SSSR count). The molecule has 5 heteroatoms. The molecule has 0 saturated heterocycles. The van der Waals surface area contributed by atoms with Gasteiger partial charge in [0.15, 0.2) is 0 Å². The van der Waals surface area contributed by atoms with Crippen molar-refractivity contribution in [3.05, 3.63) is 93.6 Å². The normalized spacial score (nSPS) is 20.0. The van der Waals surface area contributed by atoms with E-state index in [2.05, 4.69) is 132 Å². The highest BCUT2D eigenvalue weighted by molar-refractivity contribution is 5.41. The predicted molar refractivity (Wildman–Crippen MR) is 245 cm³/mol. The number of hydrogen-bond acceptors (Lipinski definition) is 5. The van der Waals surface area contributed by atoms with Gasteiger partial charge in [-0.2, -0.15) is 0 Å². The van der Waals surface area contributed by atoms with Gasteiger partial charge in [-0.3, -0.25) is 0 Å². The van der Waals surface area contributed by atoms with Gasteiger partial charge in [0, 0.05) is 23.7 Å². The Balaban J connectivity index is 1.32. The van der Waals surface area contributed by atoms with E-state index in [9.17, 15) is 5.11 Å². The number of allylic oxidation sites excluding steroid dienone is 14. The molecule has 0 heterocycles. The van der Waals surface area contributed by atoms with Gasteiger partial charge in [0.2, 0.25) is 0 Å². The van der Waals surface area contributed by atoms with Crippen molar-refractivity contribution in [1.82, 2.24) is 0 Å². The van der Waals surface area contributed by atoms with Gasteiger partial charge in [-0.25, -0.2) is 0 Å². The highest BCUT2D eigenvalue weighted by Crippen LogP contribution is 2.47. The molecule has 0 saturated carbocycles. The smallest absolute Gasteiger partial charge is 0.116 e. The van der Waals surface area contributed by atoms with E-state index in [0.29, 0.717) is 11.8 Å². The SMILES string of the molecule is CCC(C)COC1=CC=C(C(C)(C)C2=CC=C(C(CC)(CC)OCC(O)COC3=CC=C(C(C)(C)C4=CC=C(C(CC)(CC)OCC(C)CC)CC4)CC3)CC2)CC1. The summed E-state index contributed by atoms with van der Waals surface area (Å²) in [6.45, 7) is 29.6. The highest BCUT2D eigenvalue weighted by atomic mass is 16.5. The van der Waals surface area contributed by atoms with Crippen LogP contribution in [0.25, 0.3) is 0 Å². The average Bonchev–Trinajstić information content (AvgIpc) is 3.26. The molecule has 0 amide bonds. The van der Waals surface area contributed by atoms with E-state index < -0.39 is 6.10 Å². The molecule has 0 fully saturated rings. The summed E-state index contributed by atoms with van der Waals surface area (Å²) in [5, 5.41) is 11.1. The topological polar surface area (TPSA) is 57.2 Å². The Morgan fingerprint density at radius 2 is 0.776 bits per heavy atom. The molecule has 0 aromatic heterocycles. The van der Waals surface area contributed by atoms with E-state index in [-0.39, 0.29) is 35.2 Å². The standard InChI is InChI=1S/C53H84O5/c1-13-39(7)35-55-48-31-27-43(28-32-48)50(9,10)42-21-25-46(26-22-42)53(17-5,18-6)58-38-47(54)37-56-49-33-29-44(30-34-49)51(11,12)41-19-23-45(24-20-41)52(15-3,16-4)57-36-40(8)14-2/h19,21,23,25,27,29,31,33,39-40,47,54H,13-18,20,22,24,26,28,30,32,34-38H2,1-12H3. The molecule has 58 heavy (non-hydrogen) atoms. The van der Waals surface area contributed by atoms with Crippen molar-refractivity contribution in [3.8, 4) is 0 Å². The number of ether oxygens (including phenoxy) is 4. The minimum Gasteiger partial charge on any atom is -0.498 e. The Hall–Kier alpha value is -2.60. The molecule has 0 bridgehead atoms. The Morgan fingerprint density at radius 3 is 1.12 bits per heavy atom. The predicted octanol–water partition coefficient (Wildman–Crippen LogP) is 14.2. The maximum absolute atomic E-state index is 11.1. The summed E-state index contributed by atoms with van der Waals surface area (Å²) in [5.74, 6) is 3.23. The van der Waals surface area contributed by atoms with E-state index in [4.69, 9.17) is 18.9 Å². The van der Waals surface area contributed by atoms with Crippen molar-refractivity contribution in [1.29, 1.82) is 0 Å². The fraction of sp³-hybridized carbons (Fsp3) is 0.698. The Bertz CT molecular complexity index is 1600. The summed E-state index contributed by atoms with van der Waals surface area (Å²) < 4.78 is 25.6. The molecule has 0 aromatic carbocycles. The maximum Gasteiger partial charge on any atom is 0.116 e. The molecule has 4 aliphatic carbocycles. The number of aliphatic hydroxyl groups excluding tert-OH is 1. The number of hydrogen-bond donors (Lipinski definition) is 1. The van der Waals surface area contributed by atoms with Crippen molar-refractivity contribution in [2.75, 3.05) is 26.4 Å². The minimum absolute atomic E-state index is 0.00313. The lowest BCUT2D eigenvalue weighted by atomic mass is 9.70. The van der Waals surface area contributed by atoms with Crippen LogP contribution >= 0.6 is 0 Å². The molecule has 3 atom stereocenters. The molecule has 5 nitrogen and oxygen atoms in total. The second-order valence-corrected chi connectivity index (χ2v) is 19.0. The first kappa shape index (κ1) is 48.1. The van der Waals surface area contributed by atoms with Crippen molar-refractivity contribution in [2.24, 2.45) is 22.7 Å². The number of rotatable bonds is 24. The molecule has 0 aromatic rings. The van der Waals surface area contributed by atoms with E-state index in [1.807, 2.05) is 0 Å². The third-order valence-electron chi connectivity index (χ3n) is 14.8. The summed E-state index contributed by atoms with van der Waals surface area (Å²) in [5.41, 5.74) is 8.14. The molecule has 326 valence electrons. The van der Waals surface area contributed by atoms with Crippen LogP contribution in [0.3, 0.4) is 0 Å². The van der Waals surface area contributed by atoms with E-state index >= 15 is 0 Å². The van der Waals surface area contributed by atoms with Gasteiger partial charge >= 0.3 is 0 Å². The third kappa shape index (κ3) is 11.8. The quantitative estimate of drug-likeness (QED) is 0.105. The van der Waals surface area contributed by atoms with Crippen molar-refractivity contribution in [2.45, 2.75) is 190 Å². The van der Waals surface area contributed by atoms with Crippen molar-refractivity contribution in [3.63, 3.8) is 0 Å². The van der Waals surface area contributed by atoms with Gasteiger partial charge in [0.05, 0.1) is 42.5 Å². The zero-order chi connectivity index (χ0) is 42.6. The Morgan fingerprint density at radius 1 is 0.448 bits per heavy atom. The first-order valence-electron chi connectivity index (χ1n) is 23.5. The monoisotopic (exact) mass is 801 g/mol.